The van der Waals surface area contributed by atoms with Crippen molar-refractivity contribution in [2.24, 2.45) is 23.2 Å². The van der Waals surface area contributed by atoms with Gasteiger partial charge in [0.25, 0.3) is 0 Å². The van der Waals surface area contributed by atoms with Crippen LogP contribution in [0.25, 0.3) is 11.1 Å². The van der Waals surface area contributed by atoms with Crippen molar-refractivity contribution >= 4 is 12.1 Å². The summed E-state index contributed by atoms with van der Waals surface area (Å²) in [5.41, 5.74) is 4.75. The van der Waals surface area contributed by atoms with Crippen LogP contribution >= 0.6 is 0 Å². The molecule has 3 saturated carbocycles. The number of carboxylic acid groups (broad SMARTS) is 1. The summed E-state index contributed by atoms with van der Waals surface area (Å²) >= 11 is 0. The average molecular weight is 405 g/mol. The van der Waals surface area contributed by atoms with Gasteiger partial charge in [0.2, 0.25) is 0 Å². The number of hydrogen-bond acceptors (Lipinski definition) is 3. The molecular formula is C25H27NO4. The van der Waals surface area contributed by atoms with Crippen molar-refractivity contribution in [3.05, 3.63) is 59.7 Å². The van der Waals surface area contributed by atoms with E-state index in [0.717, 1.165) is 17.5 Å². The van der Waals surface area contributed by atoms with Crippen LogP contribution in [-0.4, -0.2) is 29.8 Å². The molecule has 5 nitrogen and oxygen atoms in total. The van der Waals surface area contributed by atoms with Crippen LogP contribution in [0.5, 0.6) is 0 Å². The second-order valence-electron chi connectivity index (χ2n) is 9.54. The predicted octanol–water partition coefficient (Wildman–Crippen LogP) is 4.66. The van der Waals surface area contributed by atoms with Crippen molar-refractivity contribution in [3.63, 3.8) is 0 Å². The Kier molecular flexibility index (Phi) is 4.38. The molecule has 6 rings (SSSR count). The molecule has 2 unspecified atom stereocenters. The first kappa shape index (κ1) is 19.2. The molecule has 156 valence electrons. The molecule has 2 aromatic carbocycles. The molecule has 0 aliphatic heterocycles. The molecular weight excluding hydrogens is 378 g/mol. The van der Waals surface area contributed by atoms with Gasteiger partial charge in [-0.3, -0.25) is 4.79 Å². The molecule has 5 heteroatoms. The quantitative estimate of drug-likeness (QED) is 0.776. The lowest BCUT2D eigenvalue weighted by atomic mass is 9.45. The minimum Gasteiger partial charge on any atom is -0.481 e. The SMILES string of the molecule is CC1(C)C2CC(C(=O)O)[C@H](NC(=O)OCC3c4ccccc4-c4ccccc43)[C@@H]1C2. The molecule has 4 atom stereocenters. The molecule has 0 spiro atoms. The highest BCUT2D eigenvalue weighted by Gasteiger charge is 2.59. The van der Waals surface area contributed by atoms with Crippen molar-refractivity contribution in [1.29, 1.82) is 0 Å². The highest BCUT2D eigenvalue weighted by molar-refractivity contribution is 5.79. The van der Waals surface area contributed by atoms with Gasteiger partial charge in [0.05, 0.1) is 5.92 Å². The maximum Gasteiger partial charge on any atom is 0.407 e. The molecule has 4 aliphatic rings. The van der Waals surface area contributed by atoms with E-state index in [1.807, 2.05) is 24.3 Å². The molecule has 0 radical (unpaired) electrons. The van der Waals surface area contributed by atoms with Crippen molar-refractivity contribution < 1.29 is 19.4 Å². The molecule has 0 saturated heterocycles. The number of hydrogen-bond donors (Lipinski definition) is 2. The molecule has 30 heavy (non-hydrogen) atoms. The van der Waals surface area contributed by atoms with Gasteiger partial charge in [0.1, 0.15) is 6.61 Å². The van der Waals surface area contributed by atoms with E-state index >= 15 is 0 Å². The van der Waals surface area contributed by atoms with Crippen molar-refractivity contribution in [3.8, 4) is 11.1 Å². The normalized spacial score (nSPS) is 28.1. The first-order valence-electron chi connectivity index (χ1n) is 10.7. The van der Waals surface area contributed by atoms with Crippen LogP contribution in [0.4, 0.5) is 4.79 Å². The van der Waals surface area contributed by atoms with Crippen LogP contribution in [0.1, 0.15) is 43.7 Å². The maximum absolute atomic E-state index is 12.7. The van der Waals surface area contributed by atoms with Gasteiger partial charge in [-0.1, -0.05) is 62.4 Å². The van der Waals surface area contributed by atoms with Gasteiger partial charge in [0, 0.05) is 12.0 Å². The minimum atomic E-state index is -0.829. The Labute approximate surface area is 176 Å². The third-order valence-electron chi connectivity index (χ3n) is 7.90. The van der Waals surface area contributed by atoms with Crippen molar-refractivity contribution in [1.82, 2.24) is 5.32 Å². The Bertz CT molecular complexity index is 968. The van der Waals surface area contributed by atoms with Crippen LogP contribution < -0.4 is 5.32 Å². The third-order valence-corrected chi connectivity index (χ3v) is 7.90. The van der Waals surface area contributed by atoms with Crippen LogP contribution in [0.2, 0.25) is 0 Å². The van der Waals surface area contributed by atoms with E-state index in [2.05, 4.69) is 43.4 Å². The van der Waals surface area contributed by atoms with E-state index in [1.54, 1.807) is 0 Å². The van der Waals surface area contributed by atoms with Gasteiger partial charge in [-0.2, -0.15) is 0 Å². The predicted molar refractivity (Wildman–Crippen MR) is 113 cm³/mol. The Balaban J connectivity index is 1.30. The number of fused-ring (bicyclic) bond motifs is 5. The number of alkyl carbamates (subject to hydrolysis) is 1. The second-order valence-corrected chi connectivity index (χ2v) is 9.54. The maximum atomic E-state index is 12.7. The van der Waals surface area contributed by atoms with Crippen LogP contribution in [0, 0.1) is 23.2 Å². The Morgan fingerprint density at radius 2 is 1.63 bits per heavy atom. The zero-order chi connectivity index (χ0) is 21.0. The smallest absolute Gasteiger partial charge is 0.407 e. The number of benzene rings is 2. The fraction of sp³-hybridized carbons (Fsp3) is 0.440. The summed E-state index contributed by atoms with van der Waals surface area (Å²) in [6.45, 7) is 4.59. The average Bonchev–Trinajstić information content (AvgIpc) is 3.05. The summed E-state index contributed by atoms with van der Waals surface area (Å²) in [6.07, 6.45) is 1.08. The highest BCUT2D eigenvalue weighted by Crippen LogP contribution is 2.60. The van der Waals surface area contributed by atoms with Gasteiger partial charge in [-0.15, -0.1) is 0 Å². The fourth-order valence-electron chi connectivity index (χ4n) is 6.03. The topological polar surface area (TPSA) is 75.6 Å². The molecule has 4 aliphatic carbocycles. The lowest BCUT2D eigenvalue weighted by molar-refractivity contribution is -0.161. The molecule has 0 heterocycles. The van der Waals surface area contributed by atoms with Gasteiger partial charge < -0.3 is 15.2 Å². The lowest BCUT2D eigenvalue weighted by Crippen LogP contribution is -2.64. The number of ether oxygens (including phenoxy) is 1. The van der Waals surface area contributed by atoms with Crippen LogP contribution in [-0.2, 0) is 9.53 Å². The summed E-state index contributed by atoms with van der Waals surface area (Å²) in [5.74, 6) is -0.775. The van der Waals surface area contributed by atoms with E-state index in [0.29, 0.717) is 12.3 Å². The summed E-state index contributed by atoms with van der Waals surface area (Å²) in [6, 6.07) is 16.0. The van der Waals surface area contributed by atoms with E-state index in [-0.39, 0.29) is 29.9 Å². The van der Waals surface area contributed by atoms with E-state index in [4.69, 9.17) is 4.74 Å². The van der Waals surface area contributed by atoms with E-state index < -0.39 is 18.0 Å². The molecule has 2 N–H and O–H groups in total. The number of carbonyl (C=O) groups excluding carboxylic acids is 1. The monoisotopic (exact) mass is 405 g/mol. The first-order valence-corrected chi connectivity index (χ1v) is 10.7. The lowest BCUT2D eigenvalue weighted by Gasteiger charge is -2.61. The summed E-state index contributed by atoms with van der Waals surface area (Å²) in [5, 5.41) is 12.6. The zero-order valence-electron chi connectivity index (χ0n) is 17.3. The van der Waals surface area contributed by atoms with Gasteiger partial charge in [-0.25, -0.2) is 4.79 Å². The summed E-state index contributed by atoms with van der Waals surface area (Å²) < 4.78 is 5.66. The van der Waals surface area contributed by atoms with Crippen LogP contribution in [0.15, 0.2) is 48.5 Å². The Morgan fingerprint density at radius 3 is 2.20 bits per heavy atom. The molecule has 0 aromatic heterocycles. The Hall–Kier alpha value is -2.82. The molecule has 3 fully saturated rings. The summed E-state index contributed by atoms with van der Waals surface area (Å²) in [7, 11) is 0. The fourth-order valence-corrected chi connectivity index (χ4v) is 6.03. The number of nitrogens with one attached hydrogen (secondary N) is 1. The van der Waals surface area contributed by atoms with E-state index in [9.17, 15) is 14.7 Å². The minimum absolute atomic E-state index is 0.00528. The van der Waals surface area contributed by atoms with Gasteiger partial charge in [-0.05, 0) is 52.3 Å². The standard InChI is InChI=1S/C25H27NO4/c1-25(2)14-11-19(23(27)28)22(21(25)12-14)26-24(29)30-13-20-17-9-5-3-7-15(17)16-8-4-6-10-18(16)20/h3-10,14,19-22H,11-13H2,1-2H3,(H,26,29)(H,27,28)/t14?,19?,21-,22-/m0/s1. The number of rotatable bonds is 4. The molecule has 1 amide bonds. The second kappa shape index (κ2) is 6.86. The van der Waals surface area contributed by atoms with Gasteiger partial charge in [0.15, 0.2) is 0 Å². The zero-order valence-corrected chi connectivity index (χ0v) is 17.3. The van der Waals surface area contributed by atoms with Crippen molar-refractivity contribution in [2.75, 3.05) is 6.61 Å². The number of carboxylic acids is 1. The van der Waals surface area contributed by atoms with Crippen molar-refractivity contribution in [2.45, 2.75) is 38.6 Å². The van der Waals surface area contributed by atoms with Crippen LogP contribution in [0.3, 0.4) is 0 Å². The third kappa shape index (κ3) is 2.83. The summed E-state index contributed by atoms with van der Waals surface area (Å²) in [4.78, 5) is 24.5. The number of amides is 1. The largest absolute Gasteiger partial charge is 0.481 e. The number of aliphatic carboxylic acids is 1. The molecule has 2 aromatic rings. The molecule has 2 bridgehead atoms. The first-order chi connectivity index (χ1) is 14.4. The van der Waals surface area contributed by atoms with E-state index in [1.165, 1.54) is 11.1 Å². The highest BCUT2D eigenvalue weighted by atomic mass is 16.5. The Morgan fingerprint density at radius 1 is 1.03 bits per heavy atom. The van der Waals surface area contributed by atoms with Gasteiger partial charge >= 0.3 is 12.1 Å². The number of carbonyl (C=O) groups is 2.